The Kier molecular flexibility index (Phi) is 9.18. The van der Waals surface area contributed by atoms with Crippen LogP contribution in [0.15, 0.2) is 12.2 Å². The highest BCUT2D eigenvalue weighted by molar-refractivity contribution is 5.79. The number of unbranched alkanes of at least 4 members (excludes halogenated alkanes) is 2. The lowest BCUT2D eigenvalue weighted by Gasteiger charge is -2.19. The molecule has 3 heteroatoms. The van der Waals surface area contributed by atoms with E-state index in [-0.39, 0.29) is 0 Å². The molecular formula is C12H23NO2. The lowest BCUT2D eigenvalue weighted by atomic mass is 10.2. The summed E-state index contributed by atoms with van der Waals surface area (Å²) in [7, 11) is 0. The van der Waals surface area contributed by atoms with Crippen molar-refractivity contribution in [1.82, 2.24) is 4.90 Å². The second-order valence-corrected chi connectivity index (χ2v) is 3.75. The molecule has 0 heterocycles. The molecule has 3 nitrogen and oxygen atoms in total. The van der Waals surface area contributed by atoms with E-state index in [0.717, 1.165) is 19.6 Å². The molecule has 88 valence electrons. The summed E-state index contributed by atoms with van der Waals surface area (Å²) in [4.78, 5) is 12.6. The number of nitrogens with zero attached hydrogens (tertiary/aromatic N) is 1. The third-order valence-corrected chi connectivity index (χ3v) is 2.28. The van der Waals surface area contributed by atoms with Crippen molar-refractivity contribution in [1.29, 1.82) is 0 Å². The van der Waals surface area contributed by atoms with E-state index in [1.165, 1.54) is 31.8 Å². The van der Waals surface area contributed by atoms with Gasteiger partial charge in [0.1, 0.15) is 0 Å². The van der Waals surface area contributed by atoms with Crippen LogP contribution in [0.4, 0.5) is 0 Å². The Hall–Kier alpha value is -0.830. The first-order valence-electron chi connectivity index (χ1n) is 5.82. The average Bonchev–Trinajstić information content (AvgIpc) is 2.20. The van der Waals surface area contributed by atoms with E-state index >= 15 is 0 Å². The van der Waals surface area contributed by atoms with Gasteiger partial charge in [0.2, 0.25) is 0 Å². The van der Waals surface area contributed by atoms with Crippen LogP contribution < -0.4 is 0 Å². The van der Waals surface area contributed by atoms with Gasteiger partial charge in [0, 0.05) is 12.6 Å². The Morgan fingerprint density at radius 1 is 1.20 bits per heavy atom. The first kappa shape index (κ1) is 14.2. The summed E-state index contributed by atoms with van der Waals surface area (Å²) in [5, 5.41) is 8.47. The minimum absolute atomic E-state index is 0.756. The van der Waals surface area contributed by atoms with E-state index in [9.17, 15) is 4.79 Å². The number of carbonyl (C=O) groups is 1. The lowest BCUT2D eigenvalue weighted by molar-refractivity contribution is -0.131. The molecule has 0 atom stereocenters. The van der Waals surface area contributed by atoms with E-state index in [4.69, 9.17) is 5.11 Å². The first-order valence-corrected chi connectivity index (χ1v) is 5.82. The van der Waals surface area contributed by atoms with E-state index in [1.54, 1.807) is 6.08 Å². The summed E-state index contributed by atoms with van der Waals surface area (Å²) in [5.41, 5.74) is 0. The maximum atomic E-state index is 10.3. The average molecular weight is 213 g/mol. The Bertz CT molecular complexity index is 182. The zero-order valence-electron chi connectivity index (χ0n) is 9.91. The number of rotatable bonds is 9. The predicted octanol–water partition coefficient (Wildman–Crippen LogP) is 2.53. The van der Waals surface area contributed by atoms with Crippen molar-refractivity contribution in [3.63, 3.8) is 0 Å². The van der Waals surface area contributed by atoms with Gasteiger partial charge < -0.3 is 5.11 Å². The van der Waals surface area contributed by atoms with Crippen LogP contribution in [0.3, 0.4) is 0 Å². The van der Waals surface area contributed by atoms with Crippen molar-refractivity contribution >= 4 is 5.97 Å². The molecule has 0 bridgehead atoms. The topological polar surface area (TPSA) is 40.5 Å². The molecule has 0 fully saturated rings. The molecule has 1 N–H and O–H groups in total. The van der Waals surface area contributed by atoms with Crippen LogP contribution in [0.2, 0.25) is 0 Å². The van der Waals surface area contributed by atoms with E-state index in [1.807, 2.05) is 0 Å². The number of hydrogen-bond acceptors (Lipinski definition) is 2. The summed E-state index contributed by atoms with van der Waals surface area (Å²) in [6, 6.07) is 0. The minimum atomic E-state index is -0.860. The van der Waals surface area contributed by atoms with Crippen LogP contribution in [0, 0.1) is 0 Å². The summed E-state index contributed by atoms with van der Waals surface area (Å²) in [6.45, 7) is 7.24. The Labute approximate surface area is 92.8 Å². The molecule has 0 aliphatic carbocycles. The molecule has 0 amide bonds. The van der Waals surface area contributed by atoms with Gasteiger partial charge in [-0.1, -0.05) is 32.8 Å². The molecule has 0 unspecified atom stereocenters. The zero-order valence-corrected chi connectivity index (χ0v) is 9.91. The monoisotopic (exact) mass is 213 g/mol. The first-order chi connectivity index (χ1) is 7.20. The molecule has 0 aromatic carbocycles. The van der Waals surface area contributed by atoms with Gasteiger partial charge in [-0.15, -0.1) is 0 Å². The van der Waals surface area contributed by atoms with Crippen molar-refractivity contribution in [2.45, 2.75) is 39.5 Å². The van der Waals surface area contributed by atoms with Crippen LogP contribution in [-0.4, -0.2) is 35.6 Å². The molecule has 0 aromatic heterocycles. The number of hydrogen-bond donors (Lipinski definition) is 1. The summed E-state index contributed by atoms with van der Waals surface area (Å²) in [6.07, 6.45) is 7.70. The lowest BCUT2D eigenvalue weighted by Crippen LogP contribution is -2.26. The van der Waals surface area contributed by atoms with Gasteiger partial charge in [-0.25, -0.2) is 4.79 Å². The third kappa shape index (κ3) is 9.47. The van der Waals surface area contributed by atoms with E-state index in [0.29, 0.717) is 0 Å². The fraction of sp³-hybridized carbons (Fsp3) is 0.750. The fourth-order valence-electron chi connectivity index (χ4n) is 1.36. The Morgan fingerprint density at radius 3 is 2.13 bits per heavy atom. The van der Waals surface area contributed by atoms with Gasteiger partial charge in [0.25, 0.3) is 0 Å². The van der Waals surface area contributed by atoms with Crippen molar-refractivity contribution < 1.29 is 9.90 Å². The van der Waals surface area contributed by atoms with Gasteiger partial charge in [0.15, 0.2) is 0 Å². The second-order valence-electron chi connectivity index (χ2n) is 3.75. The van der Waals surface area contributed by atoms with E-state index < -0.39 is 5.97 Å². The van der Waals surface area contributed by atoms with Crippen molar-refractivity contribution in [3.05, 3.63) is 12.2 Å². The zero-order chi connectivity index (χ0) is 11.5. The molecular weight excluding hydrogens is 190 g/mol. The number of carboxylic acids is 1. The predicted molar refractivity (Wildman–Crippen MR) is 63.0 cm³/mol. The molecule has 0 aromatic rings. The highest BCUT2D eigenvalue weighted by Crippen LogP contribution is 1.99. The quantitative estimate of drug-likeness (QED) is 0.598. The minimum Gasteiger partial charge on any atom is -0.478 e. The summed E-state index contributed by atoms with van der Waals surface area (Å²) >= 11 is 0. The molecule has 0 radical (unpaired) electrons. The molecule has 0 spiro atoms. The van der Waals surface area contributed by atoms with Crippen LogP contribution in [0.1, 0.15) is 39.5 Å². The Morgan fingerprint density at radius 2 is 1.73 bits per heavy atom. The van der Waals surface area contributed by atoms with Crippen LogP contribution >= 0.6 is 0 Å². The largest absolute Gasteiger partial charge is 0.478 e. The number of aliphatic carboxylic acids is 1. The molecule has 0 saturated heterocycles. The molecule has 0 saturated carbocycles. The maximum Gasteiger partial charge on any atom is 0.328 e. The molecule has 0 rings (SSSR count). The smallest absolute Gasteiger partial charge is 0.328 e. The van der Waals surface area contributed by atoms with Gasteiger partial charge in [-0.2, -0.15) is 0 Å². The van der Waals surface area contributed by atoms with Crippen molar-refractivity contribution in [2.75, 3.05) is 19.6 Å². The van der Waals surface area contributed by atoms with Crippen molar-refractivity contribution in [3.8, 4) is 0 Å². The maximum absolute atomic E-state index is 10.3. The molecule has 15 heavy (non-hydrogen) atoms. The highest BCUT2D eigenvalue weighted by atomic mass is 16.4. The molecule has 0 aliphatic rings. The summed E-state index contributed by atoms with van der Waals surface area (Å²) in [5.74, 6) is -0.860. The SMILES string of the molecule is CCCCN(C/C=C/C(=O)O)CCCC. The summed E-state index contributed by atoms with van der Waals surface area (Å²) < 4.78 is 0. The second kappa shape index (κ2) is 9.71. The van der Waals surface area contributed by atoms with Crippen LogP contribution in [-0.2, 0) is 4.79 Å². The van der Waals surface area contributed by atoms with Crippen LogP contribution in [0.25, 0.3) is 0 Å². The van der Waals surface area contributed by atoms with Gasteiger partial charge in [0.05, 0.1) is 0 Å². The third-order valence-electron chi connectivity index (χ3n) is 2.28. The fourth-order valence-corrected chi connectivity index (χ4v) is 1.36. The van der Waals surface area contributed by atoms with Gasteiger partial charge in [-0.3, -0.25) is 4.90 Å². The standard InChI is InChI=1S/C12H23NO2/c1-3-5-9-13(10-6-4-2)11-7-8-12(14)15/h7-8H,3-6,9-11H2,1-2H3,(H,14,15)/b8-7+. The number of carboxylic acid groups (broad SMARTS) is 1. The van der Waals surface area contributed by atoms with Gasteiger partial charge in [-0.05, 0) is 25.9 Å². The van der Waals surface area contributed by atoms with E-state index in [2.05, 4.69) is 18.7 Å². The normalized spacial score (nSPS) is 11.4. The molecule has 0 aliphatic heterocycles. The highest BCUT2D eigenvalue weighted by Gasteiger charge is 2.01. The van der Waals surface area contributed by atoms with Crippen LogP contribution in [0.5, 0.6) is 0 Å². The Balaban J connectivity index is 3.82. The van der Waals surface area contributed by atoms with Gasteiger partial charge >= 0.3 is 5.97 Å². The van der Waals surface area contributed by atoms with Crippen molar-refractivity contribution in [2.24, 2.45) is 0 Å².